The van der Waals surface area contributed by atoms with Gasteiger partial charge < -0.3 is 15.4 Å². The van der Waals surface area contributed by atoms with E-state index in [1.165, 1.54) is 0 Å². The molecule has 0 aliphatic heterocycles. The Labute approximate surface area is 117 Å². The Morgan fingerprint density at radius 3 is 2.95 bits per heavy atom. The van der Waals surface area contributed by atoms with Crippen LogP contribution in [0.1, 0.15) is 12.5 Å². The largest absolute Gasteiger partial charge is 0.480 e. The van der Waals surface area contributed by atoms with Crippen LogP contribution in [0.15, 0.2) is 54.9 Å². The number of aromatic nitrogens is 1. The first-order valence-electron chi connectivity index (χ1n) is 6.44. The summed E-state index contributed by atoms with van der Waals surface area (Å²) in [5, 5.41) is 13.2. The molecule has 20 heavy (non-hydrogen) atoms. The smallest absolute Gasteiger partial charge is 0.326 e. The predicted molar refractivity (Wildman–Crippen MR) is 80.5 cm³/mol. The molecule has 2 aromatic rings. The summed E-state index contributed by atoms with van der Waals surface area (Å²) in [4.78, 5) is 14.5. The fourth-order valence-electron chi connectivity index (χ4n) is 2.04. The molecule has 0 bridgehead atoms. The number of fused-ring (bicyclic) bond motifs is 1. The van der Waals surface area contributed by atoms with E-state index >= 15 is 0 Å². The van der Waals surface area contributed by atoms with E-state index in [0.717, 1.165) is 22.0 Å². The third-order valence-electron chi connectivity index (χ3n) is 3.06. The molecule has 3 N–H and O–H groups in total. The fourth-order valence-corrected chi connectivity index (χ4v) is 2.04. The molecule has 1 aromatic heterocycles. The van der Waals surface area contributed by atoms with Crippen LogP contribution in [0.25, 0.3) is 10.9 Å². The number of nitrogens with one attached hydrogen (secondary N) is 2. The number of benzene rings is 1. The molecule has 0 unspecified atom stereocenters. The summed E-state index contributed by atoms with van der Waals surface area (Å²) in [6.07, 6.45) is 5.67. The molecule has 1 atom stereocenters. The molecule has 0 aliphatic rings. The van der Waals surface area contributed by atoms with E-state index in [9.17, 15) is 9.90 Å². The van der Waals surface area contributed by atoms with E-state index < -0.39 is 12.0 Å². The van der Waals surface area contributed by atoms with E-state index in [1.54, 1.807) is 12.3 Å². The third kappa shape index (κ3) is 3.29. The second kappa shape index (κ2) is 6.10. The number of hydrogen-bond acceptors (Lipinski definition) is 2. The number of rotatable bonds is 6. The Hall–Kier alpha value is -2.49. The van der Waals surface area contributed by atoms with E-state index in [4.69, 9.17) is 0 Å². The normalized spacial score (nSPS) is 12.7. The highest BCUT2D eigenvalue weighted by Gasteiger charge is 2.17. The topological polar surface area (TPSA) is 65.1 Å². The van der Waals surface area contributed by atoms with Crippen LogP contribution in [0.3, 0.4) is 0 Å². The number of carboxylic acids is 1. The average molecular weight is 270 g/mol. The first kappa shape index (κ1) is 13.9. The number of carbonyl (C=O) groups is 1. The summed E-state index contributed by atoms with van der Waals surface area (Å²) in [5.74, 6) is -0.873. The van der Waals surface area contributed by atoms with E-state index in [0.29, 0.717) is 6.42 Å². The Kier molecular flexibility index (Phi) is 4.25. The molecule has 0 spiro atoms. The van der Waals surface area contributed by atoms with Gasteiger partial charge in [-0.05, 0) is 30.8 Å². The van der Waals surface area contributed by atoms with Gasteiger partial charge in [-0.15, -0.1) is 0 Å². The van der Waals surface area contributed by atoms with Crippen molar-refractivity contribution >= 4 is 16.9 Å². The molecule has 0 saturated heterocycles. The lowest BCUT2D eigenvalue weighted by atomic mass is 10.1. The van der Waals surface area contributed by atoms with Crippen LogP contribution in [-0.2, 0) is 11.2 Å². The van der Waals surface area contributed by atoms with Crippen molar-refractivity contribution in [2.75, 3.05) is 0 Å². The molecule has 2 rings (SSSR count). The monoisotopic (exact) mass is 270 g/mol. The number of carboxylic acid groups (broad SMARTS) is 1. The maximum atomic E-state index is 11.3. The zero-order chi connectivity index (χ0) is 14.5. The van der Waals surface area contributed by atoms with Gasteiger partial charge in [0, 0.05) is 23.5 Å². The van der Waals surface area contributed by atoms with Crippen LogP contribution >= 0.6 is 0 Å². The zero-order valence-corrected chi connectivity index (χ0v) is 11.4. The van der Waals surface area contributed by atoms with Crippen molar-refractivity contribution in [3.05, 3.63) is 60.5 Å². The number of aliphatic carboxylic acids is 1. The van der Waals surface area contributed by atoms with Crippen molar-refractivity contribution in [1.29, 1.82) is 0 Å². The first-order chi connectivity index (χ1) is 9.58. The van der Waals surface area contributed by atoms with Gasteiger partial charge in [0.05, 0.1) is 0 Å². The van der Waals surface area contributed by atoms with Crippen LogP contribution in [0, 0.1) is 0 Å². The summed E-state index contributed by atoms with van der Waals surface area (Å²) in [6.45, 7) is 5.59. The Bertz CT molecular complexity index is 655. The maximum absolute atomic E-state index is 11.3. The molecule has 1 heterocycles. The minimum absolute atomic E-state index is 0.417. The lowest BCUT2D eigenvalue weighted by Crippen LogP contribution is -2.35. The minimum atomic E-state index is -0.873. The van der Waals surface area contributed by atoms with Crippen LogP contribution in [-0.4, -0.2) is 22.1 Å². The number of H-pyrrole nitrogens is 1. The van der Waals surface area contributed by atoms with Gasteiger partial charge in [-0.2, -0.15) is 0 Å². The molecule has 104 valence electrons. The molecule has 4 nitrogen and oxygen atoms in total. The average Bonchev–Trinajstić information content (AvgIpc) is 2.80. The Balaban J connectivity index is 2.15. The van der Waals surface area contributed by atoms with E-state index in [-0.39, 0.29) is 0 Å². The van der Waals surface area contributed by atoms with Crippen molar-refractivity contribution in [1.82, 2.24) is 10.3 Å². The third-order valence-corrected chi connectivity index (χ3v) is 3.06. The molecule has 4 heteroatoms. The van der Waals surface area contributed by atoms with Gasteiger partial charge in [-0.1, -0.05) is 30.4 Å². The maximum Gasteiger partial charge on any atom is 0.326 e. The standard InChI is InChI=1S/C16H18N2O2/c1-11(2)7-8-17-15(16(19)20)9-12-10-18-14-6-4-3-5-13(12)14/h3-8,10,15,17-18H,1,9H2,2H3,(H,19,20)/t15-/m0/s1. The molecular weight excluding hydrogens is 252 g/mol. The number of para-hydroxylation sites is 1. The van der Waals surface area contributed by atoms with Crippen molar-refractivity contribution in [2.45, 2.75) is 19.4 Å². The quantitative estimate of drug-likeness (QED) is 0.707. The van der Waals surface area contributed by atoms with Crippen LogP contribution in [0.2, 0.25) is 0 Å². The van der Waals surface area contributed by atoms with Crippen molar-refractivity contribution in [3.63, 3.8) is 0 Å². The molecule has 0 aliphatic carbocycles. The van der Waals surface area contributed by atoms with Gasteiger partial charge in [-0.3, -0.25) is 0 Å². The molecule has 0 amide bonds. The fraction of sp³-hybridized carbons (Fsp3) is 0.188. The molecular formula is C16H18N2O2. The summed E-state index contributed by atoms with van der Waals surface area (Å²) in [6, 6.07) is 7.20. The van der Waals surface area contributed by atoms with Gasteiger partial charge >= 0.3 is 5.97 Å². The van der Waals surface area contributed by atoms with Gasteiger partial charge in [0.2, 0.25) is 0 Å². The first-order valence-corrected chi connectivity index (χ1v) is 6.44. The van der Waals surface area contributed by atoms with Crippen LogP contribution in [0.4, 0.5) is 0 Å². The van der Waals surface area contributed by atoms with Crippen LogP contribution in [0.5, 0.6) is 0 Å². The minimum Gasteiger partial charge on any atom is -0.480 e. The molecule has 0 saturated carbocycles. The highest BCUT2D eigenvalue weighted by atomic mass is 16.4. The molecule has 0 fully saturated rings. The SMILES string of the molecule is C=C(C)C=CN[C@@H](Cc1c[nH]c2ccccc12)C(=O)O. The number of aromatic amines is 1. The second-order valence-electron chi connectivity index (χ2n) is 4.80. The van der Waals surface area contributed by atoms with Crippen molar-refractivity contribution in [3.8, 4) is 0 Å². The van der Waals surface area contributed by atoms with Crippen molar-refractivity contribution in [2.24, 2.45) is 0 Å². The van der Waals surface area contributed by atoms with Gasteiger partial charge in [-0.25, -0.2) is 4.79 Å². The number of hydrogen-bond donors (Lipinski definition) is 3. The Morgan fingerprint density at radius 1 is 1.50 bits per heavy atom. The summed E-state index contributed by atoms with van der Waals surface area (Å²) in [5.41, 5.74) is 2.88. The van der Waals surface area contributed by atoms with Crippen LogP contribution < -0.4 is 5.32 Å². The van der Waals surface area contributed by atoms with Crippen molar-refractivity contribution < 1.29 is 9.90 Å². The molecule has 1 aromatic carbocycles. The van der Waals surface area contributed by atoms with Gasteiger partial charge in [0.1, 0.15) is 6.04 Å². The lowest BCUT2D eigenvalue weighted by molar-refractivity contribution is -0.139. The van der Waals surface area contributed by atoms with E-state index in [1.807, 2.05) is 37.4 Å². The van der Waals surface area contributed by atoms with Gasteiger partial charge in [0.25, 0.3) is 0 Å². The number of allylic oxidation sites excluding steroid dienone is 2. The summed E-state index contributed by atoms with van der Waals surface area (Å²) >= 11 is 0. The molecule has 0 radical (unpaired) electrons. The second-order valence-corrected chi connectivity index (χ2v) is 4.80. The highest BCUT2D eigenvalue weighted by Crippen LogP contribution is 2.19. The lowest BCUT2D eigenvalue weighted by Gasteiger charge is -2.12. The summed E-state index contributed by atoms with van der Waals surface area (Å²) in [7, 11) is 0. The Morgan fingerprint density at radius 2 is 2.25 bits per heavy atom. The van der Waals surface area contributed by atoms with Gasteiger partial charge in [0.15, 0.2) is 0 Å². The summed E-state index contributed by atoms with van der Waals surface area (Å²) < 4.78 is 0. The zero-order valence-electron chi connectivity index (χ0n) is 11.4. The highest BCUT2D eigenvalue weighted by molar-refractivity contribution is 5.84. The van der Waals surface area contributed by atoms with E-state index in [2.05, 4.69) is 16.9 Å². The predicted octanol–water partition coefficient (Wildman–Crippen LogP) is 2.84.